The molecule has 11 nitrogen and oxygen atoms in total. The fourth-order valence-corrected chi connectivity index (χ4v) is 3.94. The average Bonchev–Trinajstić information content (AvgIpc) is 2.65. The van der Waals surface area contributed by atoms with Crippen molar-refractivity contribution in [3.05, 3.63) is 0 Å². The largest absolute Gasteiger partial charge is 1.00 e. The first kappa shape index (κ1) is 20.6. The van der Waals surface area contributed by atoms with E-state index < -0.39 is 38.7 Å². The van der Waals surface area contributed by atoms with Crippen LogP contribution in [0.25, 0.3) is 0 Å². The van der Waals surface area contributed by atoms with Crippen LogP contribution in [0.3, 0.4) is 0 Å². The third-order valence-electron chi connectivity index (χ3n) is 3.55. The van der Waals surface area contributed by atoms with Crippen molar-refractivity contribution in [3.63, 3.8) is 0 Å². The number of urea groups is 1. The van der Waals surface area contributed by atoms with Crippen molar-refractivity contribution < 1.29 is 64.8 Å². The van der Waals surface area contributed by atoms with Gasteiger partial charge in [0.15, 0.2) is 0 Å². The van der Waals surface area contributed by atoms with E-state index >= 15 is 0 Å². The molecule has 0 unspecified atom stereocenters. The van der Waals surface area contributed by atoms with Crippen LogP contribution in [0.1, 0.15) is 19.8 Å². The number of amides is 3. The number of rotatable bonds is 6. The van der Waals surface area contributed by atoms with E-state index in [0.717, 1.165) is 4.90 Å². The van der Waals surface area contributed by atoms with Crippen molar-refractivity contribution in [3.8, 4) is 0 Å². The van der Waals surface area contributed by atoms with Gasteiger partial charge in [0.05, 0.1) is 11.8 Å². The summed E-state index contributed by atoms with van der Waals surface area (Å²) in [7, 11) is -9.01. The molecular weight excluding hydrogens is 365 g/mol. The molecule has 2 atom stereocenters. The van der Waals surface area contributed by atoms with Gasteiger partial charge in [-0.25, -0.2) is 25.9 Å². The maximum atomic E-state index is 12.1. The van der Waals surface area contributed by atoms with Crippen LogP contribution in [0, 0.1) is 0 Å². The molecule has 2 aliphatic rings. The summed E-state index contributed by atoms with van der Waals surface area (Å²) in [5.41, 5.74) is 0. The van der Waals surface area contributed by atoms with Gasteiger partial charge in [0.1, 0.15) is 6.17 Å². The Kier molecular flexibility index (Phi) is 6.46. The summed E-state index contributed by atoms with van der Waals surface area (Å²) in [6, 6.07) is -1.66. The third-order valence-corrected chi connectivity index (χ3v) is 5.59. The molecule has 0 aromatic carbocycles. The maximum absolute atomic E-state index is 12.1. The van der Waals surface area contributed by atoms with Gasteiger partial charge in [-0.05, 0) is 19.8 Å². The molecule has 3 amide bonds. The summed E-state index contributed by atoms with van der Waals surface area (Å²) < 4.78 is 60.4. The Morgan fingerprint density at radius 1 is 1.35 bits per heavy atom. The third kappa shape index (κ3) is 4.15. The average molecular weight is 379 g/mol. The van der Waals surface area contributed by atoms with Gasteiger partial charge in [-0.1, -0.05) is 0 Å². The SMILES string of the molecule is CCS(=O)(=O)N(C=O)[C@H]1CC[C@@H]2CN1C(=O)N2OS(=O)(=O)[O-].[Na+]. The summed E-state index contributed by atoms with van der Waals surface area (Å²) in [5.74, 6) is -0.331. The van der Waals surface area contributed by atoms with Crippen molar-refractivity contribution in [1.82, 2.24) is 14.3 Å². The van der Waals surface area contributed by atoms with Crippen LogP contribution in [0.4, 0.5) is 4.79 Å². The molecular formula is C9H14N3NaO8S2. The Morgan fingerprint density at radius 3 is 2.43 bits per heavy atom. The van der Waals surface area contributed by atoms with Crippen molar-refractivity contribution in [2.45, 2.75) is 32.0 Å². The van der Waals surface area contributed by atoms with E-state index in [0.29, 0.717) is 9.37 Å². The number of nitrogens with zero attached hydrogens (tertiary/aromatic N) is 3. The number of hydrogen-bond acceptors (Lipinski definition) is 8. The van der Waals surface area contributed by atoms with E-state index in [1.807, 2.05) is 0 Å². The Labute approximate surface area is 155 Å². The van der Waals surface area contributed by atoms with Crippen LogP contribution >= 0.6 is 0 Å². The molecule has 0 saturated carbocycles. The Balaban J connectivity index is 0.00000264. The molecule has 23 heavy (non-hydrogen) atoms. The van der Waals surface area contributed by atoms with Crippen molar-refractivity contribution in [2.24, 2.45) is 0 Å². The molecule has 0 N–H and O–H groups in total. The molecule has 0 spiro atoms. The topological polar surface area (TPSA) is 144 Å². The second-order valence-corrected chi connectivity index (χ2v) is 7.92. The molecule has 2 heterocycles. The summed E-state index contributed by atoms with van der Waals surface area (Å²) in [4.78, 5) is 24.2. The van der Waals surface area contributed by atoms with Crippen LogP contribution < -0.4 is 29.6 Å². The quantitative estimate of drug-likeness (QED) is 0.194. The zero-order valence-electron chi connectivity index (χ0n) is 12.5. The van der Waals surface area contributed by atoms with E-state index in [4.69, 9.17) is 0 Å². The Morgan fingerprint density at radius 2 is 1.96 bits per heavy atom. The number of hydrogen-bond donors (Lipinski definition) is 0. The molecule has 2 saturated heterocycles. The van der Waals surface area contributed by atoms with Gasteiger partial charge >= 0.3 is 35.6 Å². The van der Waals surface area contributed by atoms with Gasteiger partial charge in [-0.15, -0.1) is 0 Å². The fourth-order valence-electron chi connectivity index (χ4n) is 2.54. The van der Waals surface area contributed by atoms with E-state index in [9.17, 15) is 31.0 Å². The number of sulfonamides is 1. The molecule has 0 aromatic rings. The van der Waals surface area contributed by atoms with Crippen LogP contribution in [-0.4, -0.2) is 72.6 Å². The summed E-state index contributed by atoms with van der Waals surface area (Å²) in [6.45, 7) is 1.31. The summed E-state index contributed by atoms with van der Waals surface area (Å²) >= 11 is 0. The first-order valence-corrected chi connectivity index (χ1v) is 9.26. The zero-order valence-corrected chi connectivity index (χ0v) is 16.1. The molecule has 126 valence electrons. The maximum Gasteiger partial charge on any atom is 1.00 e. The van der Waals surface area contributed by atoms with Gasteiger partial charge < -0.3 is 4.55 Å². The van der Waals surface area contributed by atoms with Crippen molar-refractivity contribution in [2.75, 3.05) is 12.3 Å². The minimum absolute atomic E-state index is 0. The normalized spacial score (nSPS) is 24.3. The number of carbonyl (C=O) groups excluding carboxylic acids is 2. The van der Waals surface area contributed by atoms with Gasteiger partial charge in [0.2, 0.25) is 26.8 Å². The Hall–Kier alpha value is -0.440. The molecule has 2 aliphatic heterocycles. The molecule has 2 bridgehead atoms. The van der Waals surface area contributed by atoms with Crippen molar-refractivity contribution in [1.29, 1.82) is 0 Å². The summed E-state index contributed by atoms with van der Waals surface area (Å²) in [5, 5.41) is 0.421. The molecule has 0 aromatic heterocycles. The van der Waals surface area contributed by atoms with Gasteiger partial charge in [-0.3, -0.25) is 9.69 Å². The monoisotopic (exact) mass is 379 g/mol. The molecule has 0 aliphatic carbocycles. The first-order chi connectivity index (χ1) is 10.1. The van der Waals surface area contributed by atoms with Crippen LogP contribution in [0.15, 0.2) is 0 Å². The standard InChI is InChI=1S/C9H15N3O8S2.Na/c1-2-21(15,16)11(6-13)8-4-3-7-5-10(8)9(14)12(7)20-22(17,18)19;/h6-8H,2-5H2,1H3,(H,17,18,19);/q;+1/p-1/t7-,8+;/m1./s1. The van der Waals surface area contributed by atoms with Crippen molar-refractivity contribution >= 4 is 32.9 Å². The minimum atomic E-state index is -5.13. The Bertz CT molecular complexity index is 681. The predicted molar refractivity (Wildman–Crippen MR) is 68.9 cm³/mol. The molecule has 2 fully saturated rings. The van der Waals surface area contributed by atoms with E-state index in [1.54, 1.807) is 0 Å². The van der Waals surface area contributed by atoms with E-state index in [2.05, 4.69) is 4.28 Å². The molecule has 14 heteroatoms. The van der Waals surface area contributed by atoms with Gasteiger partial charge in [-0.2, -0.15) is 9.35 Å². The zero-order chi connectivity index (χ0) is 16.7. The minimum Gasteiger partial charge on any atom is -0.724 e. The molecule has 0 radical (unpaired) electrons. The summed E-state index contributed by atoms with van der Waals surface area (Å²) in [6.07, 6.45) is -0.640. The molecule has 2 rings (SSSR count). The van der Waals surface area contributed by atoms with Crippen LogP contribution in [0.2, 0.25) is 0 Å². The smallest absolute Gasteiger partial charge is 0.724 e. The number of hydroxylamine groups is 2. The van der Waals surface area contributed by atoms with E-state index in [-0.39, 0.29) is 61.1 Å². The number of carbonyl (C=O) groups is 2. The number of fused-ring (bicyclic) bond motifs is 2. The van der Waals surface area contributed by atoms with Gasteiger partial charge in [0.25, 0.3) is 0 Å². The second kappa shape index (κ2) is 7.21. The van der Waals surface area contributed by atoms with Gasteiger partial charge in [0, 0.05) is 6.54 Å². The second-order valence-electron chi connectivity index (χ2n) is 4.79. The van der Waals surface area contributed by atoms with E-state index in [1.165, 1.54) is 6.92 Å². The predicted octanol–water partition coefficient (Wildman–Crippen LogP) is -4.58. The van der Waals surface area contributed by atoms with Crippen LogP contribution in [0.5, 0.6) is 0 Å². The number of piperidine rings is 1. The van der Waals surface area contributed by atoms with Crippen LogP contribution in [-0.2, 0) is 29.5 Å². The first-order valence-electron chi connectivity index (χ1n) is 6.32. The fraction of sp³-hybridized carbons (Fsp3) is 0.778.